The number of rotatable bonds is 3. The Balaban J connectivity index is 2.05. The van der Waals surface area contributed by atoms with E-state index in [1.54, 1.807) is 18.5 Å². The van der Waals surface area contributed by atoms with E-state index in [1.165, 1.54) is 6.08 Å². The maximum Gasteiger partial charge on any atom is 0.244 e. The number of carbonyl (C=O) groups is 1. The molecule has 4 nitrogen and oxygen atoms in total. The molecular weight excluding hydrogens is 262 g/mol. The van der Waals surface area contributed by atoms with Crippen LogP contribution in [0.25, 0.3) is 17.5 Å². The highest BCUT2D eigenvalue weighted by Crippen LogP contribution is 2.13. The van der Waals surface area contributed by atoms with Crippen LogP contribution in [-0.4, -0.2) is 21.4 Å². The first-order valence-electron chi connectivity index (χ1n) is 6.82. The van der Waals surface area contributed by atoms with Crippen LogP contribution in [0.15, 0.2) is 48.8 Å². The lowest BCUT2D eigenvalue weighted by molar-refractivity contribution is -0.117. The molecule has 0 aliphatic heterocycles. The zero-order valence-electron chi connectivity index (χ0n) is 12.5. The van der Waals surface area contributed by atoms with Gasteiger partial charge in [0.25, 0.3) is 0 Å². The number of nitrogens with one attached hydrogen (secondary N) is 1. The average Bonchev–Trinajstić information content (AvgIpc) is 2.45. The van der Waals surface area contributed by atoms with E-state index in [9.17, 15) is 4.79 Å². The Morgan fingerprint density at radius 1 is 1.10 bits per heavy atom. The van der Waals surface area contributed by atoms with Gasteiger partial charge in [-0.1, -0.05) is 30.3 Å². The van der Waals surface area contributed by atoms with E-state index in [1.807, 2.05) is 51.1 Å². The lowest BCUT2D eigenvalue weighted by Crippen LogP contribution is -2.39. The summed E-state index contributed by atoms with van der Waals surface area (Å²) < 4.78 is 0. The average molecular weight is 281 g/mol. The van der Waals surface area contributed by atoms with Crippen molar-refractivity contribution in [2.24, 2.45) is 0 Å². The quantitative estimate of drug-likeness (QED) is 0.880. The smallest absolute Gasteiger partial charge is 0.244 e. The molecule has 0 radical (unpaired) electrons. The summed E-state index contributed by atoms with van der Waals surface area (Å²) in [5.74, 6) is 0.543. The second-order valence-corrected chi connectivity index (χ2v) is 5.78. The van der Waals surface area contributed by atoms with Crippen molar-refractivity contribution in [1.29, 1.82) is 0 Å². The Labute approximate surface area is 125 Å². The van der Waals surface area contributed by atoms with Crippen LogP contribution >= 0.6 is 0 Å². The summed E-state index contributed by atoms with van der Waals surface area (Å²) in [7, 11) is 0. The van der Waals surface area contributed by atoms with E-state index in [2.05, 4.69) is 15.3 Å². The third-order valence-corrected chi connectivity index (χ3v) is 2.63. The molecule has 4 heteroatoms. The van der Waals surface area contributed by atoms with Gasteiger partial charge in [-0.2, -0.15) is 0 Å². The topological polar surface area (TPSA) is 54.9 Å². The van der Waals surface area contributed by atoms with Crippen molar-refractivity contribution in [2.75, 3.05) is 0 Å². The standard InChI is InChI=1S/C17H19N3O/c1-17(2,3)20-15(21)10-9-13-11-18-16(19-12-13)14-7-5-4-6-8-14/h4-12H,1-3H3,(H,20,21)/b10-9+. The van der Waals surface area contributed by atoms with Gasteiger partial charge in [-0.15, -0.1) is 0 Å². The van der Waals surface area contributed by atoms with E-state index in [4.69, 9.17) is 0 Å². The molecule has 1 amide bonds. The maximum absolute atomic E-state index is 11.7. The number of hydrogen-bond donors (Lipinski definition) is 1. The molecule has 2 rings (SSSR count). The van der Waals surface area contributed by atoms with Crippen LogP contribution < -0.4 is 5.32 Å². The van der Waals surface area contributed by atoms with Crippen molar-refractivity contribution < 1.29 is 4.79 Å². The van der Waals surface area contributed by atoms with E-state index in [0.29, 0.717) is 5.82 Å². The van der Waals surface area contributed by atoms with Gasteiger partial charge in [0.15, 0.2) is 5.82 Å². The van der Waals surface area contributed by atoms with Crippen molar-refractivity contribution in [3.63, 3.8) is 0 Å². The predicted octanol–water partition coefficient (Wildman–Crippen LogP) is 3.07. The number of carbonyl (C=O) groups excluding carboxylic acids is 1. The molecule has 108 valence electrons. The molecule has 1 aromatic heterocycles. The molecule has 1 aromatic carbocycles. The molecule has 1 heterocycles. The summed E-state index contributed by atoms with van der Waals surface area (Å²) in [6, 6.07) is 9.77. The van der Waals surface area contributed by atoms with E-state index in [-0.39, 0.29) is 11.4 Å². The zero-order valence-corrected chi connectivity index (χ0v) is 12.5. The SMILES string of the molecule is CC(C)(C)NC(=O)/C=C/c1cnc(-c2ccccc2)nc1. The summed E-state index contributed by atoms with van der Waals surface area (Å²) in [6.45, 7) is 5.82. The van der Waals surface area contributed by atoms with Crippen molar-refractivity contribution >= 4 is 12.0 Å². The van der Waals surface area contributed by atoms with E-state index in [0.717, 1.165) is 11.1 Å². The lowest BCUT2D eigenvalue weighted by atomic mass is 10.1. The molecule has 0 bridgehead atoms. The zero-order chi connectivity index (χ0) is 15.3. The number of hydrogen-bond acceptors (Lipinski definition) is 3. The molecule has 0 atom stereocenters. The molecule has 1 N–H and O–H groups in total. The van der Waals surface area contributed by atoms with Crippen LogP contribution in [0.4, 0.5) is 0 Å². The van der Waals surface area contributed by atoms with Crippen LogP contribution in [-0.2, 0) is 4.79 Å². The fourth-order valence-corrected chi connectivity index (χ4v) is 1.74. The number of benzene rings is 1. The molecule has 0 unspecified atom stereocenters. The van der Waals surface area contributed by atoms with Crippen molar-refractivity contribution in [3.8, 4) is 11.4 Å². The highest BCUT2D eigenvalue weighted by molar-refractivity contribution is 5.92. The summed E-state index contributed by atoms with van der Waals surface area (Å²) >= 11 is 0. The predicted molar refractivity (Wildman–Crippen MR) is 84.4 cm³/mol. The van der Waals surface area contributed by atoms with Gasteiger partial charge < -0.3 is 5.32 Å². The molecule has 2 aromatic rings. The highest BCUT2D eigenvalue weighted by Gasteiger charge is 2.11. The largest absolute Gasteiger partial charge is 0.348 e. The first-order valence-corrected chi connectivity index (χ1v) is 6.82. The number of aromatic nitrogens is 2. The first-order chi connectivity index (χ1) is 9.94. The lowest BCUT2D eigenvalue weighted by Gasteiger charge is -2.18. The number of nitrogens with zero attached hydrogens (tertiary/aromatic N) is 2. The number of amides is 1. The Morgan fingerprint density at radius 3 is 2.29 bits per heavy atom. The van der Waals surface area contributed by atoms with E-state index >= 15 is 0 Å². The van der Waals surface area contributed by atoms with Gasteiger partial charge in [-0.25, -0.2) is 9.97 Å². The third-order valence-electron chi connectivity index (χ3n) is 2.63. The summed E-state index contributed by atoms with van der Waals surface area (Å²) in [4.78, 5) is 20.3. The fraction of sp³-hybridized carbons (Fsp3) is 0.235. The molecule has 0 aliphatic rings. The van der Waals surface area contributed by atoms with Crippen LogP contribution in [0.2, 0.25) is 0 Å². The van der Waals surface area contributed by atoms with Crippen LogP contribution in [0.3, 0.4) is 0 Å². The minimum Gasteiger partial charge on any atom is -0.348 e. The van der Waals surface area contributed by atoms with Crippen LogP contribution in [0.1, 0.15) is 26.3 Å². The molecule has 0 saturated carbocycles. The van der Waals surface area contributed by atoms with Gasteiger partial charge >= 0.3 is 0 Å². The first kappa shape index (κ1) is 14.9. The Morgan fingerprint density at radius 2 is 1.71 bits per heavy atom. The maximum atomic E-state index is 11.7. The van der Waals surface area contributed by atoms with Gasteiger partial charge in [0.2, 0.25) is 5.91 Å². The van der Waals surface area contributed by atoms with Crippen LogP contribution in [0, 0.1) is 0 Å². The monoisotopic (exact) mass is 281 g/mol. The molecule has 0 fully saturated rings. The molecule has 0 aliphatic carbocycles. The molecule has 0 saturated heterocycles. The van der Waals surface area contributed by atoms with Gasteiger partial charge in [-0.05, 0) is 26.8 Å². The summed E-state index contributed by atoms with van der Waals surface area (Å²) in [5.41, 5.74) is 1.52. The Kier molecular flexibility index (Phi) is 4.48. The van der Waals surface area contributed by atoms with Crippen LogP contribution in [0.5, 0.6) is 0 Å². The fourth-order valence-electron chi connectivity index (χ4n) is 1.74. The van der Waals surface area contributed by atoms with E-state index < -0.39 is 0 Å². The molecule has 21 heavy (non-hydrogen) atoms. The van der Waals surface area contributed by atoms with Gasteiger partial charge in [0, 0.05) is 35.1 Å². The van der Waals surface area contributed by atoms with Gasteiger partial charge in [-0.3, -0.25) is 4.79 Å². The second kappa shape index (κ2) is 6.31. The Bertz CT molecular complexity index is 625. The third kappa shape index (κ3) is 4.84. The van der Waals surface area contributed by atoms with Crippen molar-refractivity contribution in [1.82, 2.24) is 15.3 Å². The minimum atomic E-state index is -0.241. The normalized spacial score (nSPS) is 11.6. The summed E-state index contributed by atoms with van der Waals surface area (Å²) in [5, 5.41) is 2.86. The highest BCUT2D eigenvalue weighted by atomic mass is 16.1. The second-order valence-electron chi connectivity index (χ2n) is 5.78. The van der Waals surface area contributed by atoms with Gasteiger partial charge in [0.05, 0.1) is 0 Å². The Hall–Kier alpha value is -2.49. The van der Waals surface area contributed by atoms with Crippen molar-refractivity contribution in [2.45, 2.75) is 26.3 Å². The minimum absolute atomic E-state index is 0.130. The van der Waals surface area contributed by atoms with Crippen molar-refractivity contribution in [3.05, 3.63) is 54.4 Å². The molecule has 0 spiro atoms. The van der Waals surface area contributed by atoms with Gasteiger partial charge in [0.1, 0.15) is 0 Å². The molecular formula is C17H19N3O. The summed E-state index contributed by atoms with van der Waals surface area (Å²) in [6.07, 6.45) is 6.61.